The van der Waals surface area contributed by atoms with Gasteiger partial charge < -0.3 is 20.2 Å². The van der Waals surface area contributed by atoms with Crippen molar-refractivity contribution in [1.29, 1.82) is 0 Å². The van der Waals surface area contributed by atoms with Gasteiger partial charge in [0.15, 0.2) is 0 Å². The fourth-order valence-electron chi connectivity index (χ4n) is 2.94. The minimum atomic E-state index is -0.245. The summed E-state index contributed by atoms with van der Waals surface area (Å²) in [6, 6.07) is 7.29. The molecule has 0 saturated heterocycles. The topological polar surface area (TPSA) is 119 Å². The van der Waals surface area contributed by atoms with Crippen molar-refractivity contribution < 1.29 is 28.7 Å². The van der Waals surface area contributed by atoms with Gasteiger partial charge in [0.2, 0.25) is 11.8 Å². The van der Waals surface area contributed by atoms with E-state index in [4.69, 9.17) is 4.74 Å². The Labute approximate surface area is 189 Å². The Hall–Kier alpha value is -2.87. The summed E-state index contributed by atoms with van der Waals surface area (Å²) < 4.78 is 5.31. The zero-order chi connectivity index (χ0) is 23.6. The second kappa shape index (κ2) is 16.8. The van der Waals surface area contributed by atoms with E-state index in [0.29, 0.717) is 39.0 Å². The van der Waals surface area contributed by atoms with Crippen molar-refractivity contribution in [3.05, 3.63) is 35.4 Å². The Morgan fingerprint density at radius 3 is 2.31 bits per heavy atom. The van der Waals surface area contributed by atoms with Crippen LogP contribution in [0.4, 0.5) is 0 Å². The van der Waals surface area contributed by atoms with E-state index in [0.717, 1.165) is 36.7 Å². The number of carbonyl (C=O) groups is 5. The summed E-state index contributed by atoms with van der Waals surface area (Å²) in [6.07, 6.45) is 5.15. The van der Waals surface area contributed by atoms with Crippen LogP contribution in [-0.4, -0.2) is 49.4 Å². The van der Waals surface area contributed by atoms with E-state index in [-0.39, 0.29) is 42.8 Å². The maximum atomic E-state index is 11.9. The smallest absolute Gasteiger partial charge is 0.246 e. The summed E-state index contributed by atoms with van der Waals surface area (Å²) >= 11 is 0. The molecule has 32 heavy (non-hydrogen) atoms. The molecule has 2 N–H and O–H groups in total. The van der Waals surface area contributed by atoms with Crippen LogP contribution in [0.3, 0.4) is 0 Å². The molecule has 0 spiro atoms. The van der Waals surface area contributed by atoms with Crippen LogP contribution in [0, 0.1) is 0 Å². The lowest BCUT2D eigenvalue weighted by Crippen LogP contribution is -2.27. The van der Waals surface area contributed by atoms with Gasteiger partial charge >= 0.3 is 0 Å². The van der Waals surface area contributed by atoms with Crippen molar-refractivity contribution >= 4 is 29.7 Å². The van der Waals surface area contributed by atoms with Crippen molar-refractivity contribution in [3.63, 3.8) is 0 Å². The number of benzene rings is 1. The first kappa shape index (κ1) is 27.2. The van der Waals surface area contributed by atoms with Crippen LogP contribution in [0.2, 0.25) is 0 Å². The lowest BCUT2D eigenvalue weighted by atomic mass is 10.0. The molecular formula is C24H34N2O6. The summed E-state index contributed by atoms with van der Waals surface area (Å²) in [4.78, 5) is 56.4. The third kappa shape index (κ3) is 14.2. The second-order valence-corrected chi connectivity index (χ2v) is 7.71. The number of Topliss-reactive ketones (excluding diaryl/α,β-unsaturated/α-hetero) is 2. The highest BCUT2D eigenvalue weighted by atomic mass is 16.5. The van der Waals surface area contributed by atoms with Gasteiger partial charge in [0.1, 0.15) is 24.5 Å². The van der Waals surface area contributed by atoms with E-state index in [1.54, 1.807) is 0 Å². The Balaban J connectivity index is 2.08. The number of aldehydes is 1. The van der Waals surface area contributed by atoms with Gasteiger partial charge in [-0.25, -0.2) is 0 Å². The van der Waals surface area contributed by atoms with Gasteiger partial charge in [-0.05, 0) is 37.3 Å². The first-order chi connectivity index (χ1) is 15.4. The monoisotopic (exact) mass is 446 g/mol. The number of unbranched alkanes of at least 4 members (excludes halogenated alkanes) is 3. The van der Waals surface area contributed by atoms with Crippen molar-refractivity contribution in [3.8, 4) is 0 Å². The molecule has 176 valence electrons. The Morgan fingerprint density at radius 2 is 1.62 bits per heavy atom. The molecule has 0 aliphatic heterocycles. The molecule has 0 aliphatic carbocycles. The van der Waals surface area contributed by atoms with Gasteiger partial charge in [0, 0.05) is 39.0 Å². The minimum absolute atomic E-state index is 0.0418. The molecule has 2 amide bonds. The molecule has 8 nitrogen and oxygen atoms in total. The van der Waals surface area contributed by atoms with E-state index in [1.165, 1.54) is 6.92 Å². The van der Waals surface area contributed by atoms with Gasteiger partial charge in [-0.1, -0.05) is 30.7 Å². The molecule has 8 heteroatoms. The molecule has 0 atom stereocenters. The number of nitrogens with one attached hydrogen (secondary N) is 2. The van der Waals surface area contributed by atoms with E-state index < -0.39 is 0 Å². The maximum absolute atomic E-state index is 11.9. The highest BCUT2D eigenvalue weighted by Gasteiger charge is 2.07. The van der Waals surface area contributed by atoms with E-state index in [2.05, 4.69) is 10.6 Å². The van der Waals surface area contributed by atoms with Crippen LogP contribution in [0.15, 0.2) is 24.3 Å². The number of rotatable bonds is 18. The summed E-state index contributed by atoms with van der Waals surface area (Å²) in [6.45, 7) is 2.60. The second-order valence-electron chi connectivity index (χ2n) is 7.71. The molecule has 0 fully saturated rings. The number of ether oxygens (including phenoxy) is 1. The molecule has 1 aromatic carbocycles. The highest BCUT2D eigenvalue weighted by molar-refractivity contribution is 5.98. The maximum Gasteiger partial charge on any atom is 0.246 e. The zero-order valence-corrected chi connectivity index (χ0v) is 18.8. The molecule has 0 heterocycles. The van der Waals surface area contributed by atoms with Crippen molar-refractivity contribution in [2.45, 2.75) is 64.8 Å². The predicted molar refractivity (Wildman–Crippen MR) is 120 cm³/mol. The standard InChI is InChI=1S/C24H34N2O6/c1-19(28)15-22(29)16-20-8-10-21(11-9-20)17-26-24(31)18-32-14-6-7-23(30)25-12-4-2-3-5-13-27/h8-11,13H,2-7,12,14-18H2,1H3,(H,25,30)(H,26,31). The predicted octanol–water partition coefficient (Wildman–Crippen LogP) is 2.07. The third-order valence-corrected chi connectivity index (χ3v) is 4.61. The number of carbonyl (C=O) groups excluding carboxylic acids is 5. The van der Waals surface area contributed by atoms with Gasteiger partial charge in [0.25, 0.3) is 0 Å². The van der Waals surface area contributed by atoms with Crippen LogP contribution in [0.1, 0.15) is 63.0 Å². The molecule has 0 aromatic heterocycles. The van der Waals surface area contributed by atoms with Gasteiger partial charge in [-0.15, -0.1) is 0 Å². The number of amides is 2. The average molecular weight is 447 g/mol. The van der Waals surface area contributed by atoms with Gasteiger partial charge in [0.05, 0.1) is 6.42 Å². The van der Waals surface area contributed by atoms with E-state index in [9.17, 15) is 24.0 Å². The van der Waals surface area contributed by atoms with Crippen LogP contribution in [0.5, 0.6) is 0 Å². The third-order valence-electron chi connectivity index (χ3n) is 4.61. The Bertz CT molecular complexity index is 745. The van der Waals surface area contributed by atoms with E-state index in [1.807, 2.05) is 24.3 Å². The summed E-state index contributed by atoms with van der Waals surface area (Å²) in [7, 11) is 0. The molecule has 0 aliphatic rings. The molecule has 0 unspecified atom stereocenters. The van der Waals surface area contributed by atoms with Gasteiger partial charge in [-0.2, -0.15) is 0 Å². The molecule has 0 bridgehead atoms. The number of hydrogen-bond acceptors (Lipinski definition) is 6. The SMILES string of the molecule is CC(=O)CC(=O)Cc1ccc(CNC(=O)COCCCC(=O)NCCCCCC=O)cc1. The first-order valence-electron chi connectivity index (χ1n) is 11.0. The minimum Gasteiger partial charge on any atom is -0.372 e. The van der Waals surface area contributed by atoms with Crippen molar-refractivity contribution in [2.24, 2.45) is 0 Å². The lowest BCUT2D eigenvalue weighted by molar-refractivity contribution is -0.127. The number of hydrogen-bond donors (Lipinski definition) is 2. The van der Waals surface area contributed by atoms with Crippen LogP contribution in [0.25, 0.3) is 0 Å². The van der Waals surface area contributed by atoms with Gasteiger partial charge in [-0.3, -0.25) is 19.2 Å². The van der Waals surface area contributed by atoms with Crippen LogP contribution in [-0.2, 0) is 41.7 Å². The largest absolute Gasteiger partial charge is 0.372 e. The quantitative estimate of drug-likeness (QED) is 0.202. The normalized spacial score (nSPS) is 10.4. The fraction of sp³-hybridized carbons (Fsp3) is 0.542. The van der Waals surface area contributed by atoms with Crippen LogP contribution >= 0.6 is 0 Å². The Morgan fingerprint density at radius 1 is 0.906 bits per heavy atom. The summed E-state index contributed by atoms with van der Waals surface area (Å²) in [5, 5.41) is 5.58. The van der Waals surface area contributed by atoms with Crippen LogP contribution < -0.4 is 10.6 Å². The fourth-order valence-corrected chi connectivity index (χ4v) is 2.94. The zero-order valence-electron chi connectivity index (χ0n) is 18.8. The molecule has 1 rings (SSSR count). The lowest BCUT2D eigenvalue weighted by Gasteiger charge is -2.08. The van der Waals surface area contributed by atoms with E-state index >= 15 is 0 Å². The summed E-state index contributed by atoms with van der Waals surface area (Å²) in [5.41, 5.74) is 1.72. The average Bonchev–Trinajstić information content (AvgIpc) is 2.75. The molecule has 0 radical (unpaired) electrons. The Kier molecular flexibility index (Phi) is 14.2. The first-order valence-corrected chi connectivity index (χ1v) is 11.0. The molecular weight excluding hydrogens is 412 g/mol. The molecule has 0 saturated carbocycles. The number of ketones is 2. The van der Waals surface area contributed by atoms with Crippen molar-refractivity contribution in [1.82, 2.24) is 10.6 Å². The van der Waals surface area contributed by atoms with Crippen molar-refractivity contribution in [2.75, 3.05) is 19.8 Å². The highest BCUT2D eigenvalue weighted by Crippen LogP contribution is 2.07. The molecule has 1 aromatic rings. The summed E-state index contributed by atoms with van der Waals surface area (Å²) in [5.74, 6) is -0.539.